The summed E-state index contributed by atoms with van der Waals surface area (Å²) in [5.74, 6) is 0.891. The van der Waals surface area contributed by atoms with Crippen LogP contribution in [0.4, 0.5) is 0 Å². The minimum Gasteiger partial charge on any atom is -0.493 e. The van der Waals surface area contributed by atoms with Gasteiger partial charge in [-0.25, -0.2) is 0 Å². The van der Waals surface area contributed by atoms with Crippen LogP contribution >= 0.6 is 12.2 Å². The van der Waals surface area contributed by atoms with Gasteiger partial charge in [-0.15, -0.1) is 0 Å². The van der Waals surface area contributed by atoms with E-state index in [0.717, 1.165) is 35.1 Å². The van der Waals surface area contributed by atoms with Gasteiger partial charge in [-0.1, -0.05) is 43.4 Å². The number of hydrogen-bond donors (Lipinski definition) is 1. The normalized spacial score (nSPS) is 10.4. The molecule has 2 nitrogen and oxygen atoms in total. The van der Waals surface area contributed by atoms with E-state index in [0.29, 0.717) is 4.99 Å². The monoisotopic (exact) mass is 245 g/mol. The fourth-order valence-electron chi connectivity index (χ4n) is 1.82. The largest absolute Gasteiger partial charge is 0.493 e. The first kappa shape index (κ1) is 11.9. The van der Waals surface area contributed by atoms with Gasteiger partial charge >= 0.3 is 0 Å². The fraction of sp³-hybridized carbons (Fsp3) is 0.214. The summed E-state index contributed by atoms with van der Waals surface area (Å²) in [6.45, 7) is 2.81. The number of fused-ring (bicyclic) bond motifs is 1. The van der Waals surface area contributed by atoms with Gasteiger partial charge in [0.25, 0.3) is 0 Å². The lowest BCUT2D eigenvalue weighted by Gasteiger charge is -2.11. The minimum absolute atomic E-state index is 0.420. The lowest BCUT2D eigenvalue weighted by atomic mass is 10.0. The molecule has 0 saturated heterocycles. The van der Waals surface area contributed by atoms with Crippen LogP contribution in [0.3, 0.4) is 0 Å². The summed E-state index contributed by atoms with van der Waals surface area (Å²) in [7, 11) is 0. The molecule has 0 unspecified atom stereocenters. The maximum absolute atomic E-state index is 5.72. The van der Waals surface area contributed by atoms with Crippen molar-refractivity contribution in [2.24, 2.45) is 5.73 Å². The van der Waals surface area contributed by atoms with E-state index < -0.39 is 0 Å². The number of ether oxygens (including phenoxy) is 1. The SMILES string of the molecule is CCCOc1ccc(C(N)=S)c2ccccc12. The van der Waals surface area contributed by atoms with E-state index in [4.69, 9.17) is 22.7 Å². The molecule has 0 spiro atoms. The van der Waals surface area contributed by atoms with Gasteiger partial charge in [-0.05, 0) is 23.9 Å². The van der Waals surface area contributed by atoms with Crippen molar-refractivity contribution in [3.63, 3.8) is 0 Å². The van der Waals surface area contributed by atoms with Crippen molar-refractivity contribution in [3.05, 3.63) is 42.0 Å². The Hall–Kier alpha value is -1.61. The van der Waals surface area contributed by atoms with Crippen LogP contribution in [0.15, 0.2) is 36.4 Å². The minimum atomic E-state index is 0.420. The van der Waals surface area contributed by atoms with E-state index >= 15 is 0 Å². The molecule has 0 aromatic heterocycles. The maximum Gasteiger partial charge on any atom is 0.127 e. The molecule has 0 aliphatic heterocycles. The summed E-state index contributed by atoms with van der Waals surface area (Å²) in [4.78, 5) is 0.420. The van der Waals surface area contributed by atoms with E-state index in [-0.39, 0.29) is 0 Å². The molecule has 0 radical (unpaired) electrons. The second kappa shape index (κ2) is 5.15. The number of nitrogens with two attached hydrogens (primary N) is 1. The first-order valence-electron chi connectivity index (χ1n) is 5.68. The van der Waals surface area contributed by atoms with Crippen molar-refractivity contribution in [3.8, 4) is 5.75 Å². The molecule has 2 aromatic rings. The Balaban J connectivity index is 2.58. The number of rotatable bonds is 4. The molecule has 2 N–H and O–H groups in total. The van der Waals surface area contributed by atoms with Crippen LogP contribution in [-0.2, 0) is 0 Å². The summed E-state index contributed by atoms with van der Waals surface area (Å²) in [6, 6.07) is 11.9. The molecular formula is C14H15NOS. The fourth-order valence-corrected chi connectivity index (χ4v) is 2.00. The van der Waals surface area contributed by atoms with Crippen LogP contribution < -0.4 is 10.5 Å². The Morgan fingerprint density at radius 3 is 2.53 bits per heavy atom. The Kier molecular flexibility index (Phi) is 3.59. The van der Waals surface area contributed by atoms with Gasteiger partial charge < -0.3 is 10.5 Å². The van der Waals surface area contributed by atoms with Gasteiger partial charge in [-0.3, -0.25) is 0 Å². The van der Waals surface area contributed by atoms with Crippen LogP contribution in [0.5, 0.6) is 5.75 Å². The second-order valence-corrected chi connectivity index (χ2v) is 4.31. The topological polar surface area (TPSA) is 35.2 Å². The van der Waals surface area contributed by atoms with Crippen molar-refractivity contribution in [1.29, 1.82) is 0 Å². The van der Waals surface area contributed by atoms with Crippen LogP contribution in [0.2, 0.25) is 0 Å². The quantitative estimate of drug-likeness (QED) is 0.840. The zero-order valence-electron chi connectivity index (χ0n) is 9.77. The Labute approximate surface area is 106 Å². The standard InChI is InChI=1S/C14H15NOS/c1-2-9-16-13-8-7-12(14(15)17)10-5-3-4-6-11(10)13/h3-8H,2,9H2,1H3,(H2,15,17). The smallest absolute Gasteiger partial charge is 0.127 e. The molecule has 0 bridgehead atoms. The van der Waals surface area contributed by atoms with Crippen LogP contribution in [0.25, 0.3) is 10.8 Å². The predicted molar refractivity (Wildman–Crippen MR) is 75.6 cm³/mol. The van der Waals surface area contributed by atoms with E-state index in [9.17, 15) is 0 Å². The zero-order valence-corrected chi connectivity index (χ0v) is 10.6. The van der Waals surface area contributed by atoms with E-state index in [1.165, 1.54) is 0 Å². The molecule has 2 rings (SSSR count). The molecule has 0 atom stereocenters. The lowest BCUT2D eigenvalue weighted by Crippen LogP contribution is -2.10. The van der Waals surface area contributed by atoms with Crippen molar-refractivity contribution in [2.75, 3.05) is 6.61 Å². The van der Waals surface area contributed by atoms with E-state index in [1.54, 1.807) is 0 Å². The van der Waals surface area contributed by atoms with Crippen LogP contribution in [-0.4, -0.2) is 11.6 Å². The molecule has 0 aliphatic rings. The highest BCUT2D eigenvalue weighted by atomic mass is 32.1. The molecule has 0 fully saturated rings. The third-order valence-corrected chi connectivity index (χ3v) is 2.83. The third-order valence-electron chi connectivity index (χ3n) is 2.61. The predicted octanol–water partition coefficient (Wildman–Crippen LogP) is 3.26. The summed E-state index contributed by atoms with van der Waals surface area (Å²) in [6.07, 6.45) is 0.991. The molecular weight excluding hydrogens is 230 g/mol. The molecule has 17 heavy (non-hydrogen) atoms. The van der Waals surface area contributed by atoms with Crippen molar-refractivity contribution < 1.29 is 4.74 Å². The van der Waals surface area contributed by atoms with E-state index in [2.05, 4.69) is 6.92 Å². The first-order valence-corrected chi connectivity index (χ1v) is 6.09. The molecule has 0 aliphatic carbocycles. The van der Waals surface area contributed by atoms with Gasteiger partial charge in [0.2, 0.25) is 0 Å². The van der Waals surface area contributed by atoms with Crippen LogP contribution in [0, 0.1) is 0 Å². The molecule has 0 amide bonds. The number of benzene rings is 2. The summed E-state index contributed by atoms with van der Waals surface area (Å²) < 4.78 is 5.72. The molecule has 88 valence electrons. The molecule has 2 aromatic carbocycles. The lowest BCUT2D eigenvalue weighted by molar-refractivity contribution is 0.321. The van der Waals surface area contributed by atoms with Crippen LogP contribution in [0.1, 0.15) is 18.9 Å². The highest BCUT2D eigenvalue weighted by molar-refractivity contribution is 7.80. The Morgan fingerprint density at radius 2 is 1.88 bits per heavy atom. The highest BCUT2D eigenvalue weighted by Crippen LogP contribution is 2.28. The number of hydrogen-bond acceptors (Lipinski definition) is 2. The van der Waals surface area contributed by atoms with Gasteiger partial charge in [0.15, 0.2) is 0 Å². The van der Waals surface area contributed by atoms with Crippen molar-refractivity contribution >= 4 is 28.0 Å². The van der Waals surface area contributed by atoms with Crippen molar-refractivity contribution in [2.45, 2.75) is 13.3 Å². The Morgan fingerprint density at radius 1 is 1.18 bits per heavy atom. The van der Waals surface area contributed by atoms with Crippen molar-refractivity contribution in [1.82, 2.24) is 0 Å². The molecule has 3 heteroatoms. The van der Waals surface area contributed by atoms with Gasteiger partial charge in [0.1, 0.15) is 10.7 Å². The average Bonchev–Trinajstić information content (AvgIpc) is 2.35. The third kappa shape index (κ3) is 2.39. The van der Waals surface area contributed by atoms with Gasteiger partial charge in [0.05, 0.1) is 6.61 Å². The summed E-state index contributed by atoms with van der Waals surface area (Å²) in [5.41, 5.74) is 6.62. The maximum atomic E-state index is 5.72. The average molecular weight is 245 g/mol. The van der Waals surface area contributed by atoms with Gasteiger partial charge in [0, 0.05) is 10.9 Å². The summed E-state index contributed by atoms with van der Waals surface area (Å²) >= 11 is 5.06. The summed E-state index contributed by atoms with van der Waals surface area (Å²) in [5, 5.41) is 2.11. The number of thiocarbonyl (C=S) groups is 1. The highest BCUT2D eigenvalue weighted by Gasteiger charge is 2.07. The van der Waals surface area contributed by atoms with Gasteiger partial charge in [-0.2, -0.15) is 0 Å². The zero-order chi connectivity index (χ0) is 12.3. The molecule has 0 saturated carbocycles. The molecule has 0 heterocycles. The second-order valence-electron chi connectivity index (χ2n) is 3.87. The Bertz CT molecular complexity index is 551. The van der Waals surface area contributed by atoms with E-state index in [1.807, 2.05) is 36.4 Å². The first-order chi connectivity index (χ1) is 8.24.